The molecule has 2 aromatic rings. The number of ether oxygens (including phenoxy) is 1. The van der Waals surface area contributed by atoms with Crippen LogP contribution in [-0.2, 0) is 16.8 Å². The number of carbonyl (C=O) groups is 2. The van der Waals surface area contributed by atoms with E-state index in [0.717, 1.165) is 16.9 Å². The van der Waals surface area contributed by atoms with Crippen LogP contribution in [0.2, 0.25) is 0 Å². The van der Waals surface area contributed by atoms with Crippen LogP contribution in [0.15, 0.2) is 29.1 Å². The van der Waals surface area contributed by atoms with Gasteiger partial charge in [0.1, 0.15) is 11.1 Å². The summed E-state index contributed by atoms with van der Waals surface area (Å²) in [6.45, 7) is 1.77. The average Bonchev–Trinajstić information content (AvgIpc) is 3.25. The number of piperidine rings is 1. The standard InChI is InChI=1S/C17H17NO5S/c19-15(11-1-7-22-10-11)18-5-3-17(4-6-18)12-9-14(16(20)21)24-13(12)2-8-23-17/h1,7,9-10H,2-6,8H2,(H,20,21). The summed E-state index contributed by atoms with van der Waals surface area (Å²) in [5.74, 6) is -0.928. The zero-order valence-corrected chi connectivity index (χ0v) is 13.8. The van der Waals surface area contributed by atoms with Gasteiger partial charge in [0.05, 0.1) is 24.0 Å². The second kappa shape index (κ2) is 5.75. The van der Waals surface area contributed by atoms with Crippen molar-refractivity contribution in [2.75, 3.05) is 19.7 Å². The zero-order chi connectivity index (χ0) is 16.7. The summed E-state index contributed by atoms with van der Waals surface area (Å²) in [6, 6.07) is 3.43. The molecule has 0 unspecified atom stereocenters. The van der Waals surface area contributed by atoms with Crippen molar-refractivity contribution in [2.24, 2.45) is 0 Å². The Morgan fingerprint density at radius 1 is 1.29 bits per heavy atom. The van der Waals surface area contributed by atoms with Crippen LogP contribution in [0.25, 0.3) is 0 Å². The molecule has 126 valence electrons. The first kappa shape index (κ1) is 15.4. The molecule has 7 heteroatoms. The molecule has 1 amide bonds. The van der Waals surface area contributed by atoms with Crippen molar-refractivity contribution in [1.29, 1.82) is 0 Å². The van der Waals surface area contributed by atoms with E-state index >= 15 is 0 Å². The molecule has 0 atom stereocenters. The Morgan fingerprint density at radius 2 is 2.08 bits per heavy atom. The first-order valence-electron chi connectivity index (χ1n) is 7.91. The highest BCUT2D eigenvalue weighted by Crippen LogP contribution is 2.44. The molecule has 2 aliphatic rings. The van der Waals surface area contributed by atoms with Gasteiger partial charge in [0.25, 0.3) is 5.91 Å². The zero-order valence-electron chi connectivity index (χ0n) is 13.0. The highest BCUT2D eigenvalue weighted by molar-refractivity contribution is 7.14. The fourth-order valence-electron chi connectivity index (χ4n) is 3.58. The Bertz CT molecular complexity index is 771. The molecule has 1 N–H and O–H groups in total. The van der Waals surface area contributed by atoms with E-state index < -0.39 is 11.6 Å². The molecular formula is C17H17NO5S. The average molecular weight is 347 g/mol. The van der Waals surface area contributed by atoms with Gasteiger partial charge >= 0.3 is 5.97 Å². The molecule has 1 spiro atoms. The van der Waals surface area contributed by atoms with Crippen LogP contribution in [0.3, 0.4) is 0 Å². The SMILES string of the molecule is O=C(O)c1cc2c(s1)CCOC21CCN(C(=O)c2ccoc2)CC1. The Labute approximate surface area is 142 Å². The van der Waals surface area contributed by atoms with E-state index in [4.69, 9.17) is 9.15 Å². The number of amides is 1. The number of likely N-dealkylation sites (tertiary alicyclic amines) is 1. The predicted octanol–water partition coefficient (Wildman–Crippen LogP) is 2.74. The second-order valence-electron chi connectivity index (χ2n) is 6.15. The van der Waals surface area contributed by atoms with Crippen LogP contribution in [-0.4, -0.2) is 41.6 Å². The Morgan fingerprint density at radius 3 is 2.75 bits per heavy atom. The third-order valence-corrected chi connectivity index (χ3v) is 6.03. The number of carboxylic acids is 1. The monoisotopic (exact) mass is 347 g/mol. The predicted molar refractivity (Wildman–Crippen MR) is 86.5 cm³/mol. The summed E-state index contributed by atoms with van der Waals surface area (Å²) in [7, 11) is 0. The molecule has 6 nitrogen and oxygen atoms in total. The summed E-state index contributed by atoms with van der Waals surface area (Å²) in [5, 5.41) is 9.25. The maximum absolute atomic E-state index is 12.4. The number of carboxylic acid groups (broad SMARTS) is 1. The minimum Gasteiger partial charge on any atom is -0.477 e. The Balaban J connectivity index is 1.55. The minimum atomic E-state index is -0.892. The van der Waals surface area contributed by atoms with Crippen molar-refractivity contribution in [2.45, 2.75) is 24.9 Å². The molecule has 4 heterocycles. The van der Waals surface area contributed by atoms with Crippen molar-refractivity contribution in [1.82, 2.24) is 4.90 Å². The summed E-state index contributed by atoms with van der Waals surface area (Å²) < 4.78 is 11.1. The van der Waals surface area contributed by atoms with Crippen molar-refractivity contribution < 1.29 is 23.8 Å². The lowest BCUT2D eigenvalue weighted by Crippen LogP contribution is -2.48. The molecule has 4 rings (SSSR count). The van der Waals surface area contributed by atoms with Crippen molar-refractivity contribution >= 4 is 23.2 Å². The third-order valence-electron chi connectivity index (χ3n) is 4.84. The van der Waals surface area contributed by atoms with Crippen molar-refractivity contribution in [3.8, 4) is 0 Å². The van der Waals surface area contributed by atoms with Gasteiger partial charge < -0.3 is 19.2 Å². The van der Waals surface area contributed by atoms with E-state index in [0.29, 0.717) is 43.0 Å². The first-order valence-corrected chi connectivity index (χ1v) is 8.73. The van der Waals surface area contributed by atoms with Gasteiger partial charge in [-0.1, -0.05) is 0 Å². The van der Waals surface area contributed by atoms with Crippen LogP contribution in [0.1, 0.15) is 43.3 Å². The molecule has 0 aliphatic carbocycles. The van der Waals surface area contributed by atoms with E-state index in [-0.39, 0.29) is 5.91 Å². The number of nitrogens with zero attached hydrogens (tertiary/aromatic N) is 1. The molecule has 2 aromatic heterocycles. The molecule has 0 bridgehead atoms. The topological polar surface area (TPSA) is 80.0 Å². The first-order chi connectivity index (χ1) is 11.6. The van der Waals surface area contributed by atoms with E-state index in [2.05, 4.69) is 0 Å². The molecule has 0 aromatic carbocycles. The number of thiophene rings is 1. The van der Waals surface area contributed by atoms with Crippen LogP contribution in [0.4, 0.5) is 0 Å². The third kappa shape index (κ3) is 2.44. The minimum absolute atomic E-state index is 0.0359. The molecule has 0 saturated carbocycles. The maximum Gasteiger partial charge on any atom is 0.345 e. The lowest BCUT2D eigenvalue weighted by Gasteiger charge is -2.44. The fourth-order valence-corrected chi connectivity index (χ4v) is 4.65. The summed E-state index contributed by atoms with van der Waals surface area (Å²) in [6.07, 6.45) is 5.07. The number of aromatic carboxylic acids is 1. The van der Waals surface area contributed by atoms with Gasteiger partial charge in [-0.2, -0.15) is 0 Å². The largest absolute Gasteiger partial charge is 0.477 e. The van der Waals surface area contributed by atoms with Gasteiger partial charge in [-0.25, -0.2) is 4.79 Å². The molecule has 2 aliphatic heterocycles. The van der Waals surface area contributed by atoms with Gasteiger partial charge in [0.15, 0.2) is 0 Å². The number of fused-ring (bicyclic) bond motifs is 2. The van der Waals surface area contributed by atoms with Crippen LogP contribution >= 0.6 is 11.3 Å². The molecule has 1 saturated heterocycles. The van der Waals surface area contributed by atoms with Gasteiger partial charge in [0, 0.05) is 24.4 Å². The smallest absolute Gasteiger partial charge is 0.345 e. The number of hydrogen-bond donors (Lipinski definition) is 1. The quantitative estimate of drug-likeness (QED) is 0.903. The molecule has 0 radical (unpaired) electrons. The summed E-state index contributed by atoms with van der Waals surface area (Å²) in [4.78, 5) is 27.0. The Hall–Kier alpha value is -2.12. The normalized spacial score (nSPS) is 19.2. The fraction of sp³-hybridized carbons (Fsp3) is 0.412. The lowest BCUT2D eigenvalue weighted by molar-refractivity contribution is -0.0926. The molecule has 1 fully saturated rings. The van der Waals surface area contributed by atoms with Gasteiger partial charge in [-0.3, -0.25) is 4.79 Å². The highest BCUT2D eigenvalue weighted by Gasteiger charge is 2.43. The number of hydrogen-bond acceptors (Lipinski definition) is 5. The number of rotatable bonds is 2. The van der Waals surface area contributed by atoms with Crippen molar-refractivity contribution in [3.63, 3.8) is 0 Å². The maximum atomic E-state index is 12.4. The highest BCUT2D eigenvalue weighted by atomic mass is 32.1. The molecular weight excluding hydrogens is 330 g/mol. The van der Waals surface area contributed by atoms with Crippen LogP contribution in [0.5, 0.6) is 0 Å². The molecule has 24 heavy (non-hydrogen) atoms. The van der Waals surface area contributed by atoms with Gasteiger partial charge in [-0.15, -0.1) is 11.3 Å². The van der Waals surface area contributed by atoms with Gasteiger partial charge in [0.2, 0.25) is 0 Å². The van der Waals surface area contributed by atoms with Crippen LogP contribution < -0.4 is 0 Å². The van der Waals surface area contributed by atoms with E-state index in [1.54, 1.807) is 17.0 Å². The lowest BCUT2D eigenvalue weighted by atomic mass is 9.82. The van der Waals surface area contributed by atoms with Crippen LogP contribution in [0, 0.1) is 0 Å². The van der Waals surface area contributed by atoms with E-state index in [1.807, 2.05) is 0 Å². The van der Waals surface area contributed by atoms with Crippen molar-refractivity contribution in [3.05, 3.63) is 45.5 Å². The van der Waals surface area contributed by atoms with Gasteiger partial charge in [-0.05, 0) is 30.5 Å². The van der Waals surface area contributed by atoms with E-state index in [1.165, 1.54) is 23.9 Å². The summed E-state index contributed by atoms with van der Waals surface area (Å²) in [5.41, 5.74) is 1.11. The summed E-state index contributed by atoms with van der Waals surface area (Å²) >= 11 is 1.34. The number of furan rings is 1. The number of carbonyl (C=O) groups excluding carboxylic acids is 1. The Kier molecular flexibility index (Phi) is 3.69. The van der Waals surface area contributed by atoms with E-state index in [9.17, 15) is 14.7 Å². The second-order valence-corrected chi connectivity index (χ2v) is 7.29.